The van der Waals surface area contributed by atoms with Gasteiger partial charge in [0.1, 0.15) is 0 Å². The minimum Gasteiger partial charge on any atom is -0.295 e. The number of aromatic amines is 1. The highest BCUT2D eigenvalue weighted by Gasteiger charge is 2.21. The third kappa shape index (κ3) is 4.95. The van der Waals surface area contributed by atoms with Crippen LogP contribution in [-0.4, -0.2) is 30.0 Å². The molecular formula is C22H26N4O3S. The molecule has 0 aliphatic rings. The fourth-order valence-electron chi connectivity index (χ4n) is 2.90. The topological polar surface area (TPSA) is 96.3 Å². The SMILES string of the molecule is Cc1ccc(-n2[nH]c(C)c(C=Nc3ccc(S(=O)(=O)NC(C)(C)C)cc3)c2=O)cc1. The van der Waals surface area contributed by atoms with Crippen LogP contribution < -0.4 is 10.3 Å². The summed E-state index contributed by atoms with van der Waals surface area (Å²) in [7, 11) is -3.61. The fourth-order valence-corrected chi connectivity index (χ4v) is 4.32. The van der Waals surface area contributed by atoms with E-state index in [0.717, 1.165) is 11.3 Å². The average molecular weight is 427 g/mol. The predicted octanol–water partition coefficient (Wildman–Crippen LogP) is 3.61. The maximum atomic E-state index is 12.8. The van der Waals surface area contributed by atoms with Crippen molar-refractivity contribution in [3.8, 4) is 5.69 Å². The molecule has 0 radical (unpaired) electrons. The summed E-state index contributed by atoms with van der Waals surface area (Å²) in [6, 6.07) is 13.8. The van der Waals surface area contributed by atoms with Crippen molar-refractivity contribution in [2.45, 2.75) is 45.1 Å². The lowest BCUT2D eigenvalue weighted by Crippen LogP contribution is -2.40. The van der Waals surface area contributed by atoms with Crippen LogP contribution in [0.3, 0.4) is 0 Å². The highest BCUT2D eigenvalue weighted by Crippen LogP contribution is 2.18. The Hall–Kier alpha value is -2.97. The number of nitrogens with zero attached hydrogens (tertiary/aromatic N) is 2. The van der Waals surface area contributed by atoms with E-state index in [2.05, 4.69) is 14.8 Å². The van der Waals surface area contributed by atoms with E-state index in [1.165, 1.54) is 23.0 Å². The second kappa shape index (κ2) is 8.04. The number of aromatic nitrogens is 2. The van der Waals surface area contributed by atoms with Gasteiger partial charge in [0.2, 0.25) is 10.0 Å². The van der Waals surface area contributed by atoms with Crippen LogP contribution in [0.1, 0.15) is 37.6 Å². The van der Waals surface area contributed by atoms with Gasteiger partial charge in [-0.1, -0.05) is 17.7 Å². The first-order valence-electron chi connectivity index (χ1n) is 9.53. The summed E-state index contributed by atoms with van der Waals surface area (Å²) in [5.41, 5.74) is 2.77. The van der Waals surface area contributed by atoms with Gasteiger partial charge in [0.05, 0.1) is 21.8 Å². The molecule has 0 saturated carbocycles. The smallest absolute Gasteiger partial charge is 0.280 e. The molecule has 1 aromatic heterocycles. The summed E-state index contributed by atoms with van der Waals surface area (Å²) in [6.45, 7) is 9.14. The Labute approximate surface area is 176 Å². The maximum absolute atomic E-state index is 12.8. The lowest BCUT2D eigenvalue weighted by molar-refractivity contribution is 0.491. The second-order valence-electron chi connectivity index (χ2n) is 8.23. The van der Waals surface area contributed by atoms with Crippen molar-refractivity contribution in [1.29, 1.82) is 0 Å². The molecule has 30 heavy (non-hydrogen) atoms. The fraction of sp³-hybridized carbons (Fsp3) is 0.273. The molecule has 8 heteroatoms. The van der Waals surface area contributed by atoms with Crippen molar-refractivity contribution >= 4 is 21.9 Å². The first kappa shape index (κ1) is 21.7. The Bertz CT molecular complexity index is 1230. The number of H-pyrrole nitrogens is 1. The lowest BCUT2D eigenvalue weighted by atomic mass is 10.1. The zero-order valence-corrected chi connectivity index (χ0v) is 18.5. The van der Waals surface area contributed by atoms with Gasteiger partial charge in [-0.05, 0) is 71.0 Å². The third-order valence-electron chi connectivity index (χ3n) is 4.34. The predicted molar refractivity (Wildman–Crippen MR) is 120 cm³/mol. The van der Waals surface area contributed by atoms with E-state index in [9.17, 15) is 13.2 Å². The van der Waals surface area contributed by atoms with Gasteiger partial charge in [-0.15, -0.1) is 0 Å². The number of aliphatic imine (C=N–C) groups is 1. The molecule has 7 nitrogen and oxygen atoms in total. The number of hydrogen-bond donors (Lipinski definition) is 2. The van der Waals surface area contributed by atoms with Crippen LogP contribution >= 0.6 is 0 Å². The van der Waals surface area contributed by atoms with E-state index in [4.69, 9.17) is 0 Å². The molecule has 0 unspecified atom stereocenters. The van der Waals surface area contributed by atoms with Gasteiger partial charge in [0.25, 0.3) is 5.56 Å². The number of sulfonamides is 1. The normalized spacial score (nSPS) is 12.6. The van der Waals surface area contributed by atoms with Crippen LogP contribution in [0.4, 0.5) is 5.69 Å². The van der Waals surface area contributed by atoms with Crippen molar-refractivity contribution in [2.75, 3.05) is 0 Å². The van der Waals surface area contributed by atoms with E-state index in [-0.39, 0.29) is 10.5 Å². The van der Waals surface area contributed by atoms with Gasteiger partial charge in [-0.2, -0.15) is 0 Å². The number of benzene rings is 2. The van der Waals surface area contributed by atoms with Crippen molar-refractivity contribution in [2.24, 2.45) is 4.99 Å². The van der Waals surface area contributed by atoms with E-state index >= 15 is 0 Å². The molecule has 0 saturated heterocycles. The molecule has 0 amide bonds. The highest BCUT2D eigenvalue weighted by molar-refractivity contribution is 7.89. The van der Waals surface area contributed by atoms with Gasteiger partial charge < -0.3 is 0 Å². The molecule has 0 fully saturated rings. The summed E-state index contributed by atoms with van der Waals surface area (Å²) in [6.07, 6.45) is 1.50. The third-order valence-corrected chi connectivity index (χ3v) is 6.11. The minimum absolute atomic E-state index is 0.163. The summed E-state index contributed by atoms with van der Waals surface area (Å²) >= 11 is 0. The second-order valence-corrected chi connectivity index (χ2v) is 9.92. The Morgan fingerprint density at radius 3 is 2.17 bits per heavy atom. The van der Waals surface area contributed by atoms with E-state index < -0.39 is 15.6 Å². The summed E-state index contributed by atoms with van der Waals surface area (Å²) < 4.78 is 28.9. The molecule has 2 aromatic carbocycles. The maximum Gasteiger partial charge on any atom is 0.280 e. The summed E-state index contributed by atoms with van der Waals surface area (Å²) in [5.74, 6) is 0. The largest absolute Gasteiger partial charge is 0.295 e. The molecule has 0 aliphatic carbocycles. The van der Waals surface area contributed by atoms with Gasteiger partial charge >= 0.3 is 0 Å². The first-order chi connectivity index (χ1) is 14.0. The highest BCUT2D eigenvalue weighted by atomic mass is 32.2. The monoisotopic (exact) mass is 426 g/mol. The molecule has 0 atom stereocenters. The zero-order valence-electron chi connectivity index (χ0n) is 17.7. The molecule has 0 bridgehead atoms. The Morgan fingerprint density at radius 2 is 1.60 bits per heavy atom. The lowest BCUT2D eigenvalue weighted by Gasteiger charge is -2.20. The van der Waals surface area contributed by atoms with Crippen molar-refractivity contribution in [3.05, 3.63) is 75.7 Å². The van der Waals surface area contributed by atoms with Crippen molar-refractivity contribution < 1.29 is 8.42 Å². The van der Waals surface area contributed by atoms with E-state index in [1.54, 1.807) is 39.8 Å². The number of nitrogens with one attached hydrogen (secondary N) is 2. The Balaban J connectivity index is 1.85. The van der Waals surface area contributed by atoms with Crippen LogP contribution in [0.5, 0.6) is 0 Å². The zero-order chi connectivity index (χ0) is 22.1. The van der Waals surface area contributed by atoms with Crippen LogP contribution in [-0.2, 0) is 10.0 Å². The van der Waals surface area contributed by atoms with Gasteiger partial charge in [-0.25, -0.2) is 17.8 Å². The van der Waals surface area contributed by atoms with E-state index in [0.29, 0.717) is 16.9 Å². The molecule has 3 rings (SSSR count). The van der Waals surface area contributed by atoms with Crippen LogP contribution in [0.2, 0.25) is 0 Å². The first-order valence-corrected chi connectivity index (χ1v) is 11.0. The number of rotatable bonds is 5. The minimum atomic E-state index is -3.61. The molecule has 1 heterocycles. The van der Waals surface area contributed by atoms with Crippen molar-refractivity contribution in [3.63, 3.8) is 0 Å². The number of aryl methyl sites for hydroxylation is 2. The average Bonchev–Trinajstić information content (AvgIpc) is 2.93. The number of hydrogen-bond acceptors (Lipinski definition) is 4. The molecular weight excluding hydrogens is 400 g/mol. The van der Waals surface area contributed by atoms with Crippen LogP contribution in [0.15, 0.2) is 63.2 Å². The molecule has 0 aliphatic heterocycles. The molecule has 158 valence electrons. The standard InChI is InChI=1S/C22H26N4O3S/c1-15-6-10-18(11-7-15)26-21(27)20(16(2)24-26)14-23-17-8-12-19(13-9-17)30(28,29)25-22(3,4)5/h6-14,24-25H,1-5H3. The Kier molecular flexibility index (Phi) is 5.83. The van der Waals surface area contributed by atoms with Crippen LogP contribution in [0, 0.1) is 13.8 Å². The molecule has 2 N–H and O–H groups in total. The quantitative estimate of drug-likeness (QED) is 0.610. The molecule has 0 spiro atoms. The Morgan fingerprint density at radius 1 is 1.00 bits per heavy atom. The van der Waals surface area contributed by atoms with Crippen molar-refractivity contribution in [1.82, 2.24) is 14.5 Å². The van der Waals surface area contributed by atoms with Gasteiger partial charge in [0, 0.05) is 17.4 Å². The summed E-state index contributed by atoms with van der Waals surface area (Å²) in [5, 5.41) is 3.06. The van der Waals surface area contributed by atoms with Gasteiger partial charge in [-0.3, -0.25) is 14.9 Å². The van der Waals surface area contributed by atoms with Gasteiger partial charge in [0.15, 0.2) is 0 Å². The van der Waals surface area contributed by atoms with Crippen LogP contribution in [0.25, 0.3) is 5.69 Å². The summed E-state index contributed by atoms with van der Waals surface area (Å²) in [4.78, 5) is 17.3. The van der Waals surface area contributed by atoms with E-state index in [1.807, 2.05) is 31.2 Å². The molecule has 3 aromatic rings.